The smallest absolute Gasteiger partial charge is 0.320 e. The van der Waals surface area contributed by atoms with Crippen molar-refractivity contribution in [2.75, 3.05) is 19.6 Å². The number of carboxylic acids is 1. The summed E-state index contributed by atoms with van der Waals surface area (Å²) in [5, 5.41) is 8.77. The van der Waals surface area contributed by atoms with E-state index in [2.05, 4.69) is 0 Å². The van der Waals surface area contributed by atoms with Crippen LogP contribution in [0.15, 0.2) is 0 Å². The number of ether oxygens (including phenoxy) is 1. The van der Waals surface area contributed by atoms with Crippen LogP contribution in [-0.4, -0.2) is 64.8 Å². The van der Waals surface area contributed by atoms with Gasteiger partial charge in [0, 0.05) is 25.7 Å². The van der Waals surface area contributed by atoms with E-state index in [9.17, 15) is 9.59 Å². The summed E-state index contributed by atoms with van der Waals surface area (Å²) >= 11 is 0. The Morgan fingerprint density at radius 2 is 1.84 bits per heavy atom. The largest absolute Gasteiger partial charge is 0.481 e. The summed E-state index contributed by atoms with van der Waals surface area (Å²) in [5.74, 6) is -0.859. The molecule has 0 aromatic carbocycles. The lowest BCUT2D eigenvalue weighted by Gasteiger charge is -2.38. The third kappa shape index (κ3) is 3.83. The molecule has 1 heterocycles. The van der Waals surface area contributed by atoms with Gasteiger partial charge in [-0.05, 0) is 26.7 Å². The van der Waals surface area contributed by atoms with Gasteiger partial charge in [0.1, 0.15) is 0 Å². The highest BCUT2D eigenvalue weighted by atomic mass is 16.5. The fourth-order valence-electron chi connectivity index (χ4n) is 2.55. The Hall–Kier alpha value is -1.30. The highest BCUT2D eigenvalue weighted by Gasteiger charge is 2.37. The van der Waals surface area contributed by atoms with Crippen LogP contribution in [0.25, 0.3) is 0 Å². The van der Waals surface area contributed by atoms with Crippen molar-refractivity contribution in [1.29, 1.82) is 0 Å². The molecular formula is C13H22N2O4. The molecular weight excluding hydrogens is 248 g/mol. The predicted molar refractivity (Wildman–Crippen MR) is 69.0 cm³/mol. The van der Waals surface area contributed by atoms with E-state index in [1.54, 1.807) is 9.80 Å². The van der Waals surface area contributed by atoms with E-state index in [0.29, 0.717) is 19.6 Å². The third-order valence-electron chi connectivity index (χ3n) is 3.49. The van der Waals surface area contributed by atoms with E-state index < -0.39 is 5.97 Å². The van der Waals surface area contributed by atoms with E-state index in [0.717, 1.165) is 12.8 Å². The average molecular weight is 270 g/mol. The van der Waals surface area contributed by atoms with Crippen LogP contribution in [-0.2, 0) is 9.53 Å². The minimum absolute atomic E-state index is 0.0116. The molecule has 1 saturated carbocycles. The monoisotopic (exact) mass is 270 g/mol. The van der Waals surface area contributed by atoms with Gasteiger partial charge in [0.15, 0.2) is 0 Å². The number of nitrogens with zero attached hydrogens (tertiary/aromatic N) is 2. The highest BCUT2D eigenvalue weighted by molar-refractivity contribution is 5.76. The van der Waals surface area contributed by atoms with Gasteiger partial charge in [-0.1, -0.05) is 0 Å². The number of morpholine rings is 1. The predicted octanol–water partition coefficient (Wildman–Crippen LogP) is 1.15. The topological polar surface area (TPSA) is 70.1 Å². The van der Waals surface area contributed by atoms with Gasteiger partial charge in [-0.25, -0.2) is 4.79 Å². The van der Waals surface area contributed by atoms with Gasteiger partial charge < -0.3 is 19.6 Å². The van der Waals surface area contributed by atoms with Gasteiger partial charge in [0.05, 0.1) is 18.6 Å². The molecule has 1 saturated heterocycles. The van der Waals surface area contributed by atoms with Gasteiger partial charge in [0.2, 0.25) is 0 Å². The highest BCUT2D eigenvalue weighted by Crippen LogP contribution is 2.28. The molecule has 1 N–H and O–H groups in total. The maximum atomic E-state index is 12.5. The van der Waals surface area contributed by atoms with E-state index in [4.69, 9.17) is 9.84 Å². The molecule has 0 bridgehead atoms. The molecule has 0 aromatic rings. The first-order chi connectivity index (χ1) is 8.97. The standard InChI is InChI=1S/C13H22N2O4/c1-9-7-14(8-10(2)19-9)13(18)15(11-3-4-11)6-5-12(16)17/h9-11H,3-8H2,1-2H3,(H,16,17)/t9-,10+. The van der Waals surface area contributed by atoms with E-state index in [-0.39, 0.29) is 30.7 Å². The molecule has 6 nitrogen and oxygen atoms in total. The van der Waals surface area contributed by atoms with Gasteiger partial charge in [-0.2, -0.15) is 0 Å². The Kier molecular flexibility index (Phi) is 4.29. The van der Waals surface area contributed by atoms with E-state index in [1.807, 2.05) is 13.8 Å². The van der Waals surface area contributed by atoms with Crippen LogP contribution in [0.4, 0.5) is 4.79 Å². The Morgan fingerprint density at radius 1 is 1.26 bits per heavy atom. The fourth-order valence-corrected chi connectivity index (χ4v) is 2.55. The summed E-state index contributed by atoms with van der Waals surface area (Å²) in [7, 11) is 0. The second-order valence-electron chi connectivity index (χ2n) is 5.51. The molecule has 19 heavy (non-hydrogen) atoms. The van der Waals surface area contributed by atoms with Crippen molar-refractivity contribution in [3.63, 3.8) is 0 Å². The Bertz CT molecular complexity index is 347. The van der Waals surface area contributed by atoms with Crippen molar-refractivity contribution in [2.24, 2.45) is 0 Å². The number of carbonyl (C=O) groups is 2. The summed E-state index contributed by atoms with van der Waals surface area (Å²) in [6, 6.07) is 0.200. The minimum atomic E-state index is -0.859. The van der Waals surface area contributed by atoms with Crippen LogP contribution < -0.4 is 0 Å². The van der Waals surface area contributed by atoms with Crippen LogP contribution in [0, 0.1) is 0 Å². The summed E-state index contributed by atoms with van der Waals surface area (Å²) in [4.78, 5) is 26.7. The van der Waals surface area contributed by atoms with Crippen LogP contribution in [0.1, 0.15) is 33.1 Å². The summed E-state index contributed by atoms with van der Waals surface area (Å²) in [6.45, 7) is 5.38. The van der Waals surface area contributed by atoms with Crippen molar-refractivity contribution < 1.29 is 19.4 Å². The first-order valence-corrected chi connectivity index (χ1v) is 6.90. The second-order valence-corrected chi connectivity index (χ2v) is 5.51. The van der Waals surface area contributed by atoms with Crippen LogP contribution in [0.5, 0.6) is 0 Å². The second kappa shape index (κ2) is 5.77. The molecule has 6 heteroatoms. The van der Waals surface area contributed by atoms with Gasteiger partial charge in [0.25, 0.3) is 0 Å². The number of amides is 2. The molecule has 1 aliphatic carbocycles. The zero-order valence-electron chi connectivity index (χ0n) is 11.5. The number of carbonyl (C=O) groups excluding carboxylic acids is 1. The lowest BCUT2D eigenvalue weighted by atomic mass is 10.2. The van der Waals surface area contributed by atoms with Gasteiger partial charge >= 0.3 is 12.0 Å². The molecule has 108 valence electrons. The summed E-state index contributed by atoms with van der Waals surface area (Å²) < 4.78 is 5.61. The molecule has 2 amide bonds. The van der Waals surface area contributed by atoms with Crippen molar-refractivity contribution in [2.45, 2.75) is 51.4 Å². The zero-order valence-corrected chi connectivity index (χ0v) is 11.5. The number of carboxylic acid groups (broad SMARTS) is 1. The minimum Gasteiger partial charge on any atom is -0.481 e. The summed E-state index contributed by atoms with van der Waals surface area (Å²) in [5.41, 5.74) is 0. The number of hydrogen-bond acceptors (Lipinski definition) is 3. The van der Waals surface area contributed by atoms with Crippen LogP contribution in [0.3, 0.4) is 0 Å². The maximum absolute atomic E-state index is 12.5. The fraction of sp³-hybridized carbons (Fsp3) is 0.846. The van der Waals surface area contributed by atoms with E-state index in [1.165, 1.54) is 0 Å². The molecule has 2 atom stereocenters. The SMILES string of the molecule is C[C@@H]1CN(C(=O)N(CCC(=O)O)C2CC2)C[C@H](C)O1. The molecule has 0 unspecified atom stereocenters. The molecule has 0 spiro atoms. The van der Waals surface area contributed by atoms with Gasteiger partial charge in [-0.15, -0.1) is 0 Å². The molecule has 2 aliphatic rings. The van der Waals surface area contributed by atoms with Crippen molar-refractivity contribution in [1.82, 2.24) is 9.80 Å². The van der Waals surface area contributed by atoms with E-state index >= 15 is 0 Å². The first-order valence-electron chi connectivity index (χ1n) is 6.90. The lowest BCUT2D eigenvalue weighted by Crippen LogP contribution is -2.53. The maximum Gasteiger partial charge on any atom is 0.320 e. The molecule has 2 fully saturated rings. The van der Waals surface area contributed by atoms with Crippen molar-refractivity contribution in [3.05, 3.63) is 0 Å². The molecule has 1 aliphatic heterocycles. The van der Waals surface area contributed by atoms with Crippen molar-refractivity contribution >= 4 is 12.0 Å². The Balaban J connectivity index is 1.96. The molecule has 0 radical (unpaired) electrons. The number of hydrogen-bond donors (Lipinski definition) is 1. The quantitative estimate of drug-likeness (QED) is 0.832. The van der Waals surface area contributed by atoms with Crippen molar-refractivity contribution in [3.8, 4) is 0 Å². The third-order valence-corrected chi connectivity index (χ3v) is 3.49. The number of urea groups is 1. The lowest BCUT2D eigenvalue weighted by molar-refractivity contribution is -0.137. The Labute approximate surface area is 113 Å². The first kappa shape index (κ1) is 14.1. The Morgan fingerprint density at radius 3 is 2.32 bits per heavy atom. The number of aliphatic carboxylic acids is 1. The molecule has 2 rings (SSSR count). The van der Waals surface area contributed by atoms with Gasteiger partial charge in [-0.3, -0.25) is 4.79 Å². The number of rotatable bonds is 4. The average Bonchev–Trinajstić information content (AvgIpc) is 3.11. The molecule has 0 aromatic heterocycles. The van der Waals surface area contributed by atoms with Crippen LogP contribution >= 0.6 is 0 Å². The van der Waals surface area contributed by atoms with Crippen LogP contribution in [0.2, 0.25) is 0 Å². The normalized spacial score (nSPS) is 27.2. The zero-order chi connectivity index (χ0) is 14.0. The summed E-state index contributed by atoms with van der Waals surface area (Å²) in [6.07, 6.45) is 2.06.